The van der Waals surface area contributed by atoms with Crippen LogP contribution in [-0.4, -0.2) is 20.3 Å². The number of nitrogens with two attached hydrogens (primary N) is 1. The van der Waals surface area contributed by atoms with Crippen LogP contribution in [0.1, 0.15) is 17.9 Å². The lowest BCUT2D eigenvalue weighted by Crippen LogP contribution is -2.12. The fraction of sp³-hybridized carbons (Fsp3) is 0.455. The zero-order valence-electron chi connectivity index (χ0n) is 8.37. The Kier molecular flexibility index (Phi) is 4.94. The molecule has 1 atom stereocenters. The fourth-order valence-corrected chi connectivity index (χ4v) is 1.61. The van der Waals surface area contributed by atoms with Crippen LogP contribution in [0, 0.1) is 0 Å². The van der Waals surface area contributed by atoms with Crippen molar-refractivity contribution in [3.8, 4) is 0 Å². The minimum Gasteiger partial charge on any atom is -0.384 e. The molecular weight excluding hydrogens is 198 g/mol. The number of hydrogen-bond acceptors (Lipinski definition) is 2. The second-order valence-electron chi connectivity index (χ2n) is 3.28. The smallest absolute Gasteiger partial charge is 0.0531 e. The van der Waals surface area contributed by atoms with E-state index >= 15 is 0 Å². The molecule has 0 spiro atoms. The second kappa shape index (κ2) is 6.02. The molecule has 3 heteroatoms. The highest BCUT2D eigenvalue weighted by Crippen LogP contribution is 2.21. The molecule has 1 aromatic rings. The lowest BCUT2D eigenvalue weighted by Gasteiger charge is -2.15. The topological polar surface area (TPSA) is 35.2 Å². The van der Waals surface area contributed by atoms with Crippen LogP contribution in [0.3, 0.4) is 0 Å². The van der Waals surface area contributed by atoms with Crippen LogP contribution in [-0.2, 0) is 4.74 Å². The van der Waals surface area contributed by atoms with Crippen molar-refractivity contribution in [3.63, 3.8) is 0 Å². The largest absolute Gasteiger partial charge is 0.384 e. The molecule has 0 saturated carbocycles. The molecule has 0 radical (unpaired) electrons. The van der Waals surface area contributed by atoms with Gasteiger partial charge in [-0.15, -0.1) is 0 Å². The lowest BCUT2D eigenvalue weighted by molar-refractivity contribution is 0.176. The third-order valence-electron chi connectivity index (χ3n) is 2.22. The maximum atomic E-state index is 5.81. The minimum atomic E-state index is 0.377. The molecule has 78 valence electrons. The van der Waals surface area contributed by atoms with Crippen molar-refractivity contribution in [2.24, 2.45) is 5.73 Å². The van der Waals surface area contributed by atoms with Gasteiger partial charge in [-0.3, -0.25) is 0 Å². The summed E-state index contributed by atoms with van der Waals surface area (Å²) in [4.78, 5) is 0. The zero-order valence-corrected chi connectivity index (χ0v) is 9.13. The van der Waals surface area contributed by atoms with Crippen molar-refractivity contribution >= 4 is 11.6 Å². The van der Waals surface area contributed by atoms with E-state index in [1.165, 1.54) is 5.56 Å². The Morgan fingerprint density at radius 3 is 2.50 bits per heavy atom. The summed E-state index contributed by atoms with van der Waals surface area (Å²) in [6.07, 6.45) is 0.940. The monoisotopic (exact) mass is 213 g/mol. The lowest BCUT2D eigenvalue weighted by atomic mass is 9.97. The molecule has 0 amide bonds. The van der Waals surface area contributed by atoms with E-state index < -0.39 is 0 Å². The molecule has 2 nitrogen and oxygen atoms in total. The number of ether oxygens (including phenoxy) is 1. The molecular formula is C11H16ClNO. The van der Waals surface area contributed by atoms with Crippen LogP contribution in [0.4, 0.5) is 0 Å². The molecule has 1 rings (SSSR count). The van der Waals surface area contributed by atoms with E-state index in [1.54, 1.807) is 7.11 Å². The summed E-state index contributed by atoms with van der Waals surface area (Å²) >= 11 is 5.81. The van der Waals surface area contributed by atoms with Gasteiger partial charge in [0.1, 0.15) is 0 Å². The van der Waals surface area contributed by atoms with E-state index in [1.807, 2.05) is 24.3 Å². The van der Waals surface area contributed by atoms with E-state index in [2.05, 4.69) is 0 Å². The predicted molar refractivity (Wildman–Crippen MR) is 59.7 cm³/mol. The Bertz CT molecular complexity index is 254. The second-order valence-corrected chi connectivity index (χ2v) is 3.72. The summed E-state index contributed by atoms with van der Waals surface area (Å²) in [6.45, 7) is 1.38. The molecule has 0 aliphatic rings. The highest BCUT2D eigenvalue weighted by molar-refractivity contribution is 6.30. The molecule has 0 bridgehead atoms. The number of benzene rings is 1. The van der Waals surface area contributed by atoms with Crippen LogP contribution in [0.15, 0.2) is 24.3 Å². The van der Waals surface area contributed by atoms with Crippen LogP contribution >= 0.6 is 11.6 Å². The molecule has 0 saturated heterocycles. The number of halogens is 1. The van der Waals surface area contributed by atoms with Gasteiger partial charge in [0.05, 0.1) is 6.61 Å². The van der Waals surface area contributed by atoms with Gasteiger partial charge < -0.3 is 10.5 Å². The van der Waals surface area contributed by atoms with Crippen molar-refractivity contribution in [3.05, 3.63) is 34.9 Å². The Morgan fingerprint density at radius 2 is 2.00 bits per heavy atom. The Balaban J connectivity index is 2.71. The van der Waals surface area contributed by atoms with E-state index in [9.17, 15) is 0 Å². The van der Waals surface area contributed by atoms with Crippen molar-refractivity contribution in [1.29, 1.82) is 0 Å². The first-order valence-electron chi connectivity index (χ1n) is 4.72. The van der Waals surface area contributed by atoms with Gasteiger partial charge in [-0.05, 0) is 30.7 Å². The normalized spacial score (nSPS) is 12.8. The van der Waals surface area contributed by atoms with Gasteiger partial charge in [-0.2, -0.15) is 0 Å². The van der Waals surface area contributed by atoms with Gasteiger partial charge >= 0.3 is 0 Å². The summed E-state index contributed by atoms with van der Waals surface area (Å²) in [5, 5.41) is 0.762. The van der Waals surface area contributed by atoms with E-state index in [0.29, 0.717) is 19.1 Å². The highest BCUT2D eigenvalue weighted by Gasteiger charge is 2.09. The first-order valence-corrected chi connectivity index (χ1v) is 5.10. The van der Waals surface area contributed by atoms with Crippen molar-refractivity contribution in [2.45, 2.75) is 12.3 Å². The molecule has 0 heterocycles. The molecule has 1 unspecified atom stereocenters. The van der Waals surface area contributed by atoms with Crippen LogP contribution in [0.25, 0.3) is 0 Å². The van der Waals surface area contributed by atoms with Gasteiger partial charge in [0.25, 0.3) is 0 Å². The standard InChI is InChI=1S/C11H16ClNO/c1-14-8-10(6-7-13)9-2-4-11(12)5-3-9/h2-5,10H,6-8,13H2,1H3. The zero-order chi connectivity index (χ0) is 10.4. The van der Waals surface area contributed by atoms with Gasteiger partial charge in [0.2, 0.25) is 0 Å². The maximum absolute atomic E-state index is 5.81. The molecule has 2 N–H and O–H groups in total. The predicted octanol–water partition coefficient (Wildman–Crippen LogP) is 2.42. The summed E-state index contributed by atoms with van der Waals surface area (Å²) in [5.74, 6) is 0.377. The van der Waals surface area contributed by atoms with Gasteiger partial charge in [0.15, 0.2) is 0 Å². The first-order chi connectivity index (χ1) is 6.77. The Labute approximate surface area is 90.0 Å². The summed E-state index contributed by atoms with van der Waals surface area (Å²) < 4.78 is 5.15. The Hall–Kier alpha value is -0.570. The molecule has 0 aromatic heterocycles. The van der Waals surface area contributed by atoms with Crippen molar-refractivity contribution in [2.75, 3.05) is 20.3 Å². The van der Waals surface area contributed by atoms with Crippen LogP contribution in [0.2, 0.25) is 5.02 Å². The van der Waals surface area contributed by atoms with Crippen molar-refractivity contribution < 1.29 is 4.74 Å². The molecule has 0 aliphatic heterocycles. The van der Waals surface area contributed by atoms with Gasteiger partial charge in [-0.1, -0.05) is 23.7 Å². The third-order valence-corrected chi connectivity index (χ3v) is 2.48. The Morgan fingerprint density at radius 1 is 1.36 bits per heavy atom. The van der Waals surface area contributed by atoms with Gasteiger partial charge in [-0.25, -0.2) is 0 Å². The summed E-state index contributed by atoms with van der Waals surface area (Å²) in [5.41, 5.74) is 6.78. The molecule has 0 fully saturated rings. The fourth-order valence-electron chi connectivity index (χ4n) is 1.48. The molecule has 1 aromatic carbocycles. The first kappa shape index (κ1) is 11.5. The quantitative estimate of drug-likeness (QED) is 0.816. The molecule has 0 aliphatic carbocycles. The third kappa shape index (κ3) is 3.29. The minimum absolute atomic E-state index is 0.377. The van der Waals surface area contributed by atoms with Gasteiger partial charge in [0, 0.05) is 18.1 Å². The van der Waals surface area contributed by atoms with Crippen LogP contribution in [0.5, 0.6) is 0 Å². The number of methoxy groups -OCH3 is 1. The van der Waals surface area contributed by atoms with Crippen molar-refractivity contribution in [1.82, 2.24) is 0 Å². The number of rotatable bonds is 5. The highest BCUT2D eigenvalue weighted by atomic mass is 35.5. The van der Waals surface area contributed by atoms with E-state index in [4.69, 9.17) is 22.1 Å². The SMILES string of the molecule is COCC(CCN)c1ccc(Cl)cc1. The van der Waals surface area contributed by atoms with E-state index in [0.717, 1.165) is 11.4 Å². The summed E-state index contributed by atoms with van der Waals surface area (Å²) in [7, 11) is 1.71. The number of hydrogen-bond donors (Lipinski definition) is 1. The average Bonchev–Trinajstić information content (AvgIpc) is 2.19. The maximum Gasteiger partial charge on any atom is 0.0531 e. The summed E-state index contributed by atoms with van der Waals surface area (Å²) in [6, 6.07) is 7.86. The average molecular weight is 214 g/mol. The van der Waals surface area contributed by atoms with Crippen LogP contribution < -0.4 is 5.73 Å². The molecule has 14 heavy (non-hydrogen) atoms. The van der Waals surface area contributed by atoms with E-state index in [-0.39, 0.29) is 0 Å².